The zero-order valence-electron chi connectivity index (χ0n) is 16.6. The number of fused-ring (bicyclic) bond motifs is 1. The standard InChI is InChI=1S/C21H35NO2/c1-14(2)15(3)11-17-16(4)21(6)10-8-9-20(5,13-23)18(21)12-19(24)22(17)7/h11,14,18,23H,8-10,12-13H2,1-7H3/b15-11+. The van der Waals surface area contributed by atoms with E-state index in [1.165, 1.54) is 11.1 Å². The lowest BCUT2D eigenvalue weighted by Gasteiger charge is -2.51. The van der Waals surface area contributed by atoms with Gasteiger partial charge in [-0.1, -0.05) is 39.7 Å². The Morgan fingerprint density at radius 2 is 2.00 bits per heavy atom. The average Bonchev–Trinajstić information content (AvgIpc) is 2.60. The van der Waals surface area contributed by atoms with E-state index in [1.54, 1.807) is 0 Å². The Bertz CT molecular complexity index is 574. The van der Waals surface area contributed by atoms with Gasteiger partial charge in [-0.3, -0.25) is 4.79 Å². The third kappa shape index (κ3) is 3.08. The summed E-state index contributed by atoms with van der Waals surface area (Å²) in [7, 11) is 1.91. The SMILES string of the molecule is CC1=C(/C=C(\C)C(C)C)N(C)C(=O)CC2C(C)(CO)CCCC12C. The predicted octanol–water partition coefficient (Wildman–Crippen LogP) is 4.53. The van der Waals surface area contributed by atoms with Crippen molar-refractivity contribution in [2.45, 2.75) is 67.2 Å². The monoisotopic (exact) mass is 333 g/mol. The highest BCUT2D eigenvalue weighted by molar-refractivity contribution is 5.80. The third-order valence-corrected chi connectivity index (χ3v) is 7.05. The minimum Gasteiger partial charge on any atom is -0.396 e. The minimum absolute atomic E-state index is 0.0285. The smallest absolute Gasteiger partial charge is 0.227 e. The van der Waals surface area contributed by atoms with Crippen molar-refractivity contribution in [2.24, 2.45) is 22.7 Å². The van der Waals surface area contributed by atoms with Crippen LogP contribution in [-0.2, 0) is 4.79 Å². The van der Waals surface area contributed by atoms with Crippen LogP contribution in [-0.4, -0.2) is 29.6 Å². The molecule has 0 spiro atoms. The van der Waals surface area contributed by atoms with Gasteiger partial charge in [0.2, 0.25) is 5.91 Å². The van der Waals surface area contributed by atoms with Crippen LogP contribution in [0.3, 0.4) is 0 Å². The number of rotatable bonds is 3. The Morgan fingerprint density at radius 3 is 2.54 bits per heavy atom. The molecule has 1 heterocycles. The molecule has 1 saturated carbocycles. The van der Waals surface area contributed by atoms with Gasteiger partial charge in [-0.25, -0.2) is 0 Å². The second-order valence-electron chi connectivity index (χ2n) is 8.85. The number of hydrogen-bond acceptors (Lipinski definition) is 2. The maximum atomic E-state index is 12.9. The van der Waals surface area contributed by atoms with E-state index >= 15 is 0 Å². The first kappa shape index (κ1) is 19.2. The average molecular weight is 334 g/mol. The highest BCUT2D eigenvalue weighted by atomic mass is 16.3. The molecule has 0 bridgehead atoms. The van der Waals surface area contributed by atoms with Crippen LogP contribution in [0.25, 0.3) is 0 Å². The van der Waals surface area contributed by atoms with E-state index in [0.717, 1.165) is 25.0 Å². The number of carbonyl (C=O) groups excluding carboxylic acids is 1. The number of hydrogen-bond donors (Lipinski definition) is 1. The summed E-state index contributed by atoms with van der Waals surface area (Å²) in [5, 5.41) is 10.1. The summed E-state index contributed by atoms with van der Waals surface area (Å²) in [6.45, 7) is 13.4. The van der Waals surface area contributed by atoms with E-state index in [2.05, 4.69) is 47.6 Å². The molecule has 0 aromatic carbocycles. The van der Waals surface area contributed by atoms with E-state index in [9.17, 15) is 9.90 Å². The third-order valence-electron chi connectivity index (χ3n) is 7.05. The van der Waals surface area contributed by atoms with Crippen molar-refractivity contribution in [2.75, 3.05) is 13.7 Å². The van der Waals surface area contributed by atoms with Crippen LogP contribution in [0.5, 0.6) is 0 Å². The van der Waals surface area contributed by atoms with Gasteiger partial charge in [-0.2, -0.15) is 0 Å². The van der Waals surface area contributed by atoms with Crippen LogP contribution < -0.4 is 0 Å². The normalized spacial score (nSPS) is 35.4. The molecule has 0 aromatic rings. The molecule has 0 radical (unpaired) electrons. The van der Waals surface area contributed by atoms with Crippen molar-refractivity contribution in [3.8, 4) is 0 Å². The van der Waals surface area contributed by atoms with Gasteiger partial charge in [0.05, 0.1) is 0 Å². The number of aliphatic hydroxyl groups excluding tert-OH is 1. The summed E-state index contributed by atoms with van der Waals surface area (Å²) in [5.74, 6) is 0.839. The van der Waals surface area contributed by atoms with Gasteiger partial charge in [0.25, 0.3) is 0 Å². The fraction of sp³-hybridized carbons (Fsp3) is 0.762. The molecule has 3 nitrogen and oxygen atoms in total. The van der Waals surface area contributed by atoms with E-state index in [-0.39, 0.29) is 29.3 Å². The second-order valence-corrected chi connectivity index (χ2v) is 8.85. The zero-order valence-corrected chi connectivity index (χ0v) is 16.6. The summed E-state index contributed by atoms with van der Waals surface area (Å²) in [6.07, 6.45) is 5.94. The largest absolute Gasteiger partial charge is 0.396 e. The number of nitrogens with zero attached hydrogens (tertiary/aromatic N) is 1. The molecule has 3 unspecified atom stereocenters. The van der Waals surface area contributed by atoms with Crippen LogP contribution in [0.2, 0.25) is 0 Å². The quantitative estimate of drug-likeness (QED) is 0.824. The van der Waals surface area contributed by atoms with Crippen molar-refractivity contribution in [3.05, 3.63) is 22.9 Å². The molecule has 2 aliphatic rings. The van der Waals surface area contributed by atoms with E-state index in [4.69, 9.17) is 0 Å². The summed E-state index contributed by atoms with van der Waals surface area (Å²) in [5.41, 5.74) is 3.47. The first-order valence-corrected chi connectivity index (χ1v) is 9.34. The molecular formula is C21H35NO2. The Kier molecular flexibility index (Phi) is 5.34. The van der Waals surface area contributed by atoms with Crippen molar-refractivity contribution in [1.29, 1.82) is 0 Å². The van der Waals surface area contributed by atoms with Gasteiger partial charge in [0.1, 0.15) is 0 Å². The maximum absolute atomic E-state index is 12.9. The lowest BCUT2D eigenvalue weighted by molar-refractivity contribution is -0.132. The zero-order chi connectivity index (χ0) is 18.3. The Morgan fingerprint density at radius 1 is 1.38 bits per heavy atom. The Labute approximate surface area is 147 Å². The predicted molar refractivity (Wildman–Crippen MR) is 99.3 cm³/mol. The summed E-state index contributed by atoms with van der Waals surface area (Å²) in [6, 6.07) is 0. The lowest BCUT2D eigenvalue weighted by Crippen LogP contribution is -2.46. The number of amides is 1. The number of aliphatic hydroxyl groups is 1. The molecule has 1 aliphatic heterocycles. The highest BCUT2D eigenvalue weighted by Gasteiger charge is 2.52. The molecule has 1 aliphatic carbocycles. The van der Waals surface area contributed by atoms with Gasteiger partial charge in [0, 0.05) is 25.8 Å². The molecule has 24 heavy (non-hydrogen) atoms. The molecule has 136 valence electrons. The summed E-state index contributed by atoms with van der Waals surface area (Å²) in [4.78, 5) is 14.8. The molecule has 3 atom stereocenters. The van der Waals surface area contributed by atoms with Crippen molar-refractivity contribution in [3.63, 3.8) is 0 Å². The van der Waals surface area contributed by atoms with Gasteiger partial charge in [-0.05, 0) is 61.0 Å². The molecule has 1 fully saturated rings. The van der Waals surface area contributed by atoms with Gasteiger partial charge >= 0.3 is 0 Å². The van der Waals surface area contributed by atoms with E-state index in [1.807, 2.05) is 11.9 Å². The van der Waals surface area contributed by atoms with Crippen LogP contribution in [0, 0.1) is 22.7 Å². The van der Waals surface area contributed by atoms with Crippen LogP contribution in [0.1, 0.15) is 67.2 Å². The molecular weight excluding hydrogens is 298 g/mol. The molecule has 0 saturated heterocycles. The topological polar surface area (TPSA) is 40.5 Å². The molecule has 0 aromatic heterocycles. The first-order valence-electron chi connectivity index (χ1n) is 9.34. The first-order chi connectivity index (χ1) is 11.1. The van der Waals surface area contributed by atoms with Crippen LogP contribution in [0.4, 0.5) is 0 Å². The minimum atomic E-state index is -0.170. The maximum Gasteiger partial charge on any atom is 0.227 e. The Balaban J connectivity index is 2.63. The van der Waals surface area contributed by atoms with E-state index in [0.29, 0.717) is 12.3 Å². The van der Waals surface area contributed by atoms with Gasteiger partial charge < -0.3 is 10.0 Å². The van der Waals surface area contributed by atoms with Gasteiger partial charge in [0.15, 0.2) is 0 Å². The van der Waals surface area contributed by atoms with Crippen molar-refractivity contribution in [1.82, 2.24) is 4.90 Å². The van der Waals surface area contributed by atoms with Crippen LogP contribution in [0.15, 0.2) is 22.9 Å². The van der Waals surface area contributed by atoms with Gasteiger partial charge in [-0.15, -0.1) is 0 Å². The Hall–Kier alpha value is -1.09. The summed E-state index contributed by atoms with van der Waals surface area (Å²) < 4.78 is 0. The van der Waals surface area contributed by atoms with Crippen molar-refractivity contribution >= 4 is 5.91 Å². The number of allylic oxidation sites excluding steroid dienone is 3. The fourth-order valence-corrected chi connectivity index (χ4v) is 4.66. The fourth-order valence-electron chi connectivity index (χ4n) is 4.66. The molecule has 1 N–H and O–H groups in total. The van der Waals surface area contributed by atoms with E-state index < -0.39 is 0 Å². The van der Waals surface area contributed by atoms with Crippen molar-refractivity contribution < 1.29 is 9.90 Å². The second kappa shape index (κ2) is 6.67. The molecule has 1 amide bonds. The number of carbonyl (C=O) groups is 1. The summed E-state index contributed by atoms with van der Waals surface area (Å²) >= 11 is 0. The van der Waals surface area contributed by atoms with Crippen LogP contribution >= 0.6 is 0 Å². The lowest BCUT2D eigenvalue weighted by atomic mass is 9.53. The molecule has 2 rings (SSSR count). The number of likely N-dealkylation sites (N-methyl/N-ethyl adjacent to an activating group) is 1. The highest BCUT2D eigenvalue weighted by Crippen LogP contribution is 2.57. The molecule has 3 heteroatoms.